The van der Waals surface area contributed by atoms with E-state index >= 15 is 0 Å². The molecule has 0 spiro atoms. The van der Waals surface area contributed by atoms with Gasteiger partial charge in [-0.15, -0.1) is 0 Å². The molecule has 0 bridgehead atoms. The number of rotatable bonds is 9. The van der Waals surface area contributed by atoms with Crippen LogP contribution in [0.2, 0.25) is 0 Å². The predicted molar refractivity (Wildman–Crippen MR) is 161 cm³/mol. The summed E-state index contributed by atoms with van der Waals surface area (Å²) in [5.74, 6) is -6.57. The third-order valence-corrected chi connectivity index (χ3v) is 6.79. The Morgan fingerprint density at radius 3 is 2.23 bits per heavy atom. The van der Waals surface area contributed by atoms with E-state index in [1.165, 1.54) is 0 Å². The van der Waals surface area contributed by atoms with Crippen LogP contribution in [-0.2, 0) is 28.8 Å². The number of aliphatic imine (C=N–C) groups is 1. The normalized spacial score (nSPS) is 27.9. The van der Waals surface area contributed by atoms with Crippen LogP contribution in [0.25, 0.3) is 0 Å². The molecule has 0 aromatic rings. The maximum absolute atomic E-state index is 13.6. The maximum atomic E-state index is 13.6. The first-order chi connectivity index (χ1) is 22.2. The van der Waals surface area contributed by atoms with Gasteiger partial charge in [0.15, 0.2) is 12.2 Å². The van der Waals surface area contributed by atoms with Gasteiger partial charge in [-0.3, -0.25) is 28.8 Å². The number of amides is 8. The molecule has 17 N–H and O–H groups in total. The second kappa shape index (κ2) is 18.2. The largest absolute Gasteiger partial charge is 0.394 e. The zero-order valence-corrected chi connectivity index (χ0v) is 25.4. The van der Waals surface area contributed by atoms with E-state index in [0.29, 0.717) is 19.0 Å². The molecule has 262 valence electrons. The van der Waals surface area contributed by atoms with Crippen molar-refractivity contribution >= 4 is 47.4 Å². The molecule has 22 heteroatoms. The average Bonchev–Trinajstić information content (AvgIpc) is 2.99. The second-order valence-corrected chi connectivity index (χ2v) is 10.6. The molecule has 1 saturated heterocycles. The lowest BCUT2D eigenvalue weighted by Gasteiger charge is -2.34. The first-order valence-electron chi connectivity index (χ1n) is 14.5. The summed E-state index contributed by atoms with van der Waals surface area (Å²) >= 11 is 0. The number of hydrogen-bond acceptors (Lipinski definition) is 14. The molecular weight excluding hydrogens is 628 g/mol. The maximum Gasteiger partial charge on any atom is 0.316 e. The number of aliphatic hydroxyl groups excluding tert-OH is 3. The van der Waals surface area contributed by atoms with Gasteiger partial charge in [0, 0.05) is 31.6 Å². The van der Waals surface area contributed by atoms with Crippen molar-refractivity contribution in [2.45, 2.75) is 75.1 Å². The summed E-state index contributed by atoms with van der Waals surface area (Å²) in [7, 11) is 0. The molecule has 2 heterocycles. The topological polar surface area (TPSA) is 367 Å². The standard InChI is InChI=1S/C25H42N12O10/c1-2-3-10(26)4-16(40)31-13-6-29-19(42)12(7-30-25(28)47)32-21(44)14(8-38)33-22(45)15(9-39)34-23(46)18(37-20(13)43)11-5-17(41)36-24(27)35-11/h7,10-11,13-15,17-18,38-39,41H,2-6,8-9,26H2,1H3,(H,29,42)(H,31,40)(H,32,44)(H,33,45)(H,34,46)(H,37,43)(H3,27,35,36)(H3,28,30,47). The summed E-state index contributed by atoms with van der Waals surface area (Å²) in [5, 5.41) is 48.0. The van der Waals surface area contributed by atoms with Crippen LogP contribution in [0.4, 0.5) is 4.79 Å². The van der Waals surface area contributed by atoms with Gasteiger partial charge < -0.3 is 75.1 Å². The van der Waals surface area contributed by atoms with Gasteiger partial charge in [0.25, 0.3) is 5.91 Å². The number of primary amides is 1. The number of carbonyl (C=O) groups excluding carboxylic acids is 7. The predicted octanol–water partition coefficient (Wildman–Crippen LogP) is -7.82. The van der Waals surface area contributed by atoms with Gasteiger partial charge in [-0.1, -0.05) is 13.3 Å². The number of nitrogens with one attached hydrogen (secondary N) is 8. The molecule has 2 aliphatic rings. The van der Waals surface area contributed by atoms with Crippen LogP contribution in [0.1, 0.15) is 32.6 Å². The van der Waals surface area contributed by atoms with Crippen molar-refractivity contribution in [2.75, 3.05) is 19.8 Å². The molecule has 7 atom stereocenters. The summed E-state index contributed by atoms with van der Waals surface area (Å²) in [6.45, 7) is -0.833. The van der Waals surface area contributed by atoms with E-state index in [1.807, 2.05) is 12.2 Å². The fraction of sp³-hybridized carbons (Fsp3) is 0.600. The van der Waals surface area contributed by atoms with E-state index in [0.717, 1.165) is 0 Å². The highest BCUT2D eigenvalue weighted by molar-refractivity contribution is 6.01. The number of nitrogens with zero attached hydrogens (tertiary/aromatic N) is 1. The molecule has 0 aromatic carbocycles. The third-order valence-electron chi connectivity index (χ3n) is 6.79. The van der Waals surface area contributed by atoms with Crippen LogP contribution in [0.15, 0.2) is 16.9 Å². The van der Waals surface area contributed by atoms with Gasteiger partial charge in [-0.2, -0.15) is 0 Å². The van der Waals surface area contributed by atoms with Crippen molar-refractivity contribution in [1.29, 1.82) is 0 Å². The first-order valence-corrected chi connectivity index (χ1v) is 14.5. The van der Waals surface area contributed by atoms with Gasteiger partial charge in [-0.05, 0) is 6.42 Å². The highest BCUT2D eigenvalue weighted by Gasteiger charge is 2.38. The summed E-state index contributed by atoms with van der Waals surface area (Å²) in [4.78, 5) is 93.8. The van der Waals surface area contributed by atoms with Crippen molar-refractivity contribution in [3.63, 3.8) is 0 Å². The molecule has 22 nitrogen and oxygen atoms in total. The lowest BCUT2D eigenvalue weighted by atomic mass is 10.0. The van der Waals surface area contributed by atoms with Crippen LogP contribution in [0.5, 0.6) is 0 Å². The molecule has 47 heavy (non-hydrogen) atoms. The third kappa shape index (κ3) is 12.0. The summed E-state index contributed by atoms with van der Waals surface area (Å²) in [5.41, 5.74) is 16.1. The van der Waals surface area contributed by atoms with Crippen LogP contribution < -0.4 is 59.7 Å². The van der Waals surface area contributed by atoms with Crippen LogP contribution in [-0.4, -0.2) is 125 Å². The van der Waals surface area contributed by atoms with Gasteiger partial charge >= 0.3 is 6.03 Å². The van der Waals surface area contributed by atoms with Crippen molar-refractivity contribution in [3.8, 4) is 0 Å². The van der Waals surface area contributed by atoms with Gasteiger partial charge in [0.1, 0.15) is 29.9 Å². The highest BCUT2D eigenvalue weighted by Crippen LogP contribution is 2.11. The molecule has 7 unspecified atom stereocenters. The highest BCUT2D eigenvalue weighted by atomic mass is 16.3. The second-order valence-electron chi connectivity index (χ2n) is 10.6. The molecule has 1 fully saturated rings. The lowest BCUT2D eigenvalue weighted by molar-refractivity contribution is -0.136. The van der Waals surface area contributed by atoms with Crippen LogP contribution in [0.3, 0.4) is 0 Å². The van der Waals surface area contributed by atoms with Crippen LogP contribution >= 0.6 is 0 Å². The molecule has 0 radical (unpaired) electrons. The number of hydrogen-bond donors (Lipinski definition) is 14. The zero-order valence-electron chi connectivity index (χ0n) is 25.4. The number of aliphatic hydroxyl groups is 3. The zero-order chi connectivity index (χ0) is 35.3. The van der Waals surface area contributed by atoms with E-state index in [9.17, 15) is 48.9 Å². The van der Waals surface area contributed by atoms with Gasteiger partial charge in [0.05, 0.1) is 19.3 Å². The Balaban J connectivity index is 2.57. The Kier molecular flexibility index (Phi) is 14.7. The molecule has 2 aliphatic heterocycles. The summed E-state index contributed by atoms with van der Waals surface area (Å²) in [6.07, 6.45) is -0.0355. The minimum atomic E-state index is -1.75. The van der Waals surface area contributed by atoms with Gasteiger partial charge in [0.2, 0.25) is 29.5 Å². The number of nitrogens with two attached hydrogens (primary N) is 3. The minimum absolute atomic E-state index is 0.210. The van der Waals surface area contributed by atoms with E-state index in [1.54, 1.807) is 0 Å². The minimum Gasteiger partial charge on any atom is -0.394 e. The molecule has 8 amide bonds. The Morgan fingerprint density at radius 1 is 1.00 bits per heavy atom. The van der Waals surface area contributed by atoms with Crippen molar-refractivity contribution < 1.29 is 48.9 Å². The molecular formula is C25H42N12O10. The fourth-order valence-electron chi connectivity index (χ4n) is 4.46. The van der Waals surface area contributed by atoms with Gasteiger partial charge in [-0.25, -0.2) is 9.79 Å². The van der Waals surface area contributed by atoms with Crippen molar-refractivity contribution in [3.05, 3.63) is 11.9 Å². The molecule has 0 saturated carbocycles. The van der Waals surface area contributed by atoms with E-state index in [4.69, 9.17) is 17.2 Å². The van der Waals surface area contributed by atoms with Crippen molar-refractivity contribution in [1.82, 2.24) is 42.5 Å². The first kappa shape index (κ1) is 38.1. The van der Waals surface area contributed by atoms with E-state index in [2.05, 4.69) is 42.2 Å². The van der Waals surface area contributed by atoms with E-state index in [-0.39, 0.29) is 18.8 Å². The van der Waals surface area contributed by atoms with Crippen molar-refractivity contribution in [2.24, 2.45) is 22.2 Å². The average molecular weight is 671 g/mol. The summed E-state index contributed by atoms with van der Waals surface area (Å²) in [6, 6.07) is -9.58. The monoisotopic (exact) mass is 670 g/mol. The number of carbonyl (C=O) groups is 7. The molecule has 2 rings (SSSR count). The number of guanidine groups is 1. The Hall–Kier alpha value is -5.06. The quantitative estimate of drug-likeness (QED) is 0.101. The molecule has 0 aliphatic carbocycles. The Morgan fingerprint density at radius 2 is 1.64 bits per heavy atom. The number of urea groups is 1. The fourth-order valence-corrected chi connectivity index (χ4v) is 4.46. The Bertz CT molecular complexity index is 1260. The molecule has 0 aromatic heterocycles. The smallest absolute Gasteiger partial charge is 0.316 e. The lowest BCUT2D eigenvalue weighted by Crippen LogP contribution is -2.66. The summed E-state index contributed by atoms with van der Waals surface area (Å²) < 4.78 is 0. The van der Waals surface area contributed by atoms with Crippen LogP contribution in [0, 0.1) is 0 Å². The van der Waals surface area contributed by atoms with E-state index < -0.39 is 109 Å². The Labute approximate surface area is 268 Å². The SMILES string of the molecule is CCCC(N)CC(=O)NC1CNC(=O)C(=CNC(N)=O)NC(=O)C(CO)NC(=O)C(CO)NC(=O)C(C2CC(O)N=C(N)N2)NC1=O.